The van der Waals surface area contributed by atoms with Crippen LogP contribution in [0.2, 0.25) is 0 Å². The molecule has 1 saturated heterocycles. The summed E-state index contributed by atoms with van der Waals surface area (Å²) in [5, 5.41) is 8.62. The van der Waals surface area contributed by atoms with Gasteiger partial charge >= 0.3 is 0 Å². The van der Waals surface area contributed by atoms with Gasteiger partial charge in [0.1, 0.15) is 11.4 Å². The fourth-order valence-corrected chi connectivity index (χ4v) is 3.14. The van der Waals surface area contributed by atoms with Crippen LogP contribution in [0.5, 0.6) is 5.75 Å². The predicted molar refractivity (Wildman–Crippen MR) is 99.3 cm³/mol. The summed E-state index contributed by atoms with van der Waals surface area (Å²) in [4.78, 5) is 2.19. The summed E-state index contributed by atoms with van der Waals surface area (Å²) >= 11 is 0. The highest BCUT2D eigenvalue weighted by atomic mass is 16.5. The molecule has 1 aliphatic rings. The van der Waals surface area contributed by atoms with Crippen molar-refractivity contribution in [2.24, 2.45) is 0 Å². The lowest BCUT2D eigenvalue weighted by Crippen LogP contribution is -2.23. The van der Waals surface area contributed by atoms with Gasteiger partial charge in [0, 0.05) is 12.2 Å². The van der Waals surface area contributed by atoms with Crippen LogP contribution >= 0.6 is 0 Å². The van der Waals surface area contributed by atoms with Crippen LogP contribution in [0, 0.1) is 6.92 Å². The van der Waals surface area contributed by atoms with Crippen LogP contribution in [-0.4, -0.2) is 35.3 Å². The second-order valence-corrected chi connectivity index (χ2v) is 6.44. The molecule has 3 aromatic rings. The van der Waals surface area contributed by atoms with Gasteiger partial charge in [0.15, 0.2) is 6.23 Å². The normalized spacial score (nSPS) is 16.8. The molecule has 1 aromatic heterocycles. The van der Waals surface area contributed by atoms with Gasteiger partial charge < -0.3 is 14.4 Å². The number of aromatic nitrogens is 3. The Morgan fingerprint density at radius 1 is 1.12 bits per heavy atom. The smallest absolute Gasteiger partial charge is 0.177 e. The minimum atomic E-state index is -0.213. The molecule has 1 atom stereocenters. The fourth-order valence-electron chi connectivity index (χ4n) is 3.14. The first-order valence-electron chi connectivity index (χ1n) is 8.71. The Bertz CT molecular complexity index is 858. The zero-order valence-corrected chi connectivity index (χ0v) is 15.0. The third kappa shape index (κ3) is 3.41. The van der Waals surface area contributed by atoms with E-state index >= 15 is 0 Å². The van der Waals surface area contributed by atoms with Crippen LogP contribution in [0.4, 0.5) is 5.69 Å². The summed E-state index contributed by atoms with van der Waals surface area (Å²) in [6, 6.07) is 16.4. The first-order chi connectivity index (χ1) is 12.7. The maximum absolute atomic E-state index is 5.92. The number of hydrogen-bond acceptors (Lipinski definition) is 5. The summed E-state index contributed by atoms with van der Waals surface area (Å²) in [6.07, 6.45) is 1.75. The fraction of sp³-hybridized carbons (Fsp3) is 0.300. The first kappa shape index (κ1) is 16.6. The maximum Gasteiger partial charge on any atom is 0.177 e. The molecule has 1 aliphatic heterocycles. The Kier molecular flexibility index (Phi) is 4.58. The minimum absolute atomic E-state index is 0.213. The number of nitrogens with zero attached hydrogens (tertiary/aromatic N) is 4. The predicted octanol–water partition coefficient (Wildman–Crippen LogP) is 3.18. The van der Waals surface area contributed by atoms with Crippen molar-refractivity contribution < 1.29 is 9.47 Å². The number of hydrogen-bond donors (Lipinski definition) is 0. The van der Waals surface area contributed by atoms with E-state index in [0.29, 0.717) is 13.2 Å². The summed E-state index contributed by atoms with van der Waals surface area (Å²) < 4.78 is 13.0. The highest BCUT2D eigenvalue weighted by Crippen LogP contribution is 2.31. The third-order valence-corrected chi connectivity index (χ3v) is 4.57. The van der Waals surface area contributed by atoms with Crippen LogP contribution < -0.4 is 9.64 Å². The average molecular weight is 350 g/mol. The molecule has 2 aromatic carbocycles. The summed E-state index contributed by atoms with van der Waals surface area (Å²) in [7, 11) is 1.67. The van der Waals surface area contributed by atoms with Crippen LogP contribution in [0.3, 0.4) is 0 Å². The number of ether oxygens (including phenoxy) is 2. The van der Waals surface area contributed by atoms with Crippen molar-refractivity contribution in [3.8, 4) is 5.75 Å². The Morgan fingerprint density at radius 2 is 1.88 bits per heavy atom. The number of rotatable bonds is 5. The van der Waals surface area contributed by atoms with Gasteiger partial charge in [0.2, 0.25) is 0 Å². The number of aryl methyl sites for hydroxylation is 1. The number of methoxy groups -OCH3 is 1. The standard InChI is InChI=1S/C20H22N4O2/c1-15-3-5-16(6-4-15)13-23-14-19(21-22-23)20-24(11-12-26-20)17-7-9-18(25-2)10-8-17/h3-10,14,20H,11-13H2,1-2H3/t20-/m1/s1. The van der Waals surface area contributed by atoms with Crippen molar-refractivity contribution in [2.45, 2.75) is 19.7 Å². The molecule has 6 heteroatoms. The van der Waals surface area contributed by atoms with Crippen LogP contribution in [0.1, 0.15) is 23.0 Å². The summed E-state index contributed by atoms with van der Waals surface area (Å²) in [5.41, 5.74) is 4.36. The zero-order chi connectivity index (χ0) is 17.9. The summed E-state index contributed by atoms with van der Waals surface area (Å²) in [5.74, 6) is 0.842. The van der Waals surface area contributed by atoms with E-state index < -0.39 is 0 Å². The van der Waals surface area contributed by atoms with E-state index in [4.69, 9.17) is 9.47 Å². The van der Waals surface area contributed by atoms with Crippen LogP contribution in [0.15, 0.2) is 54.7 Å². The van der Waals surface area contributed by atoms with Gasteiger partial charge in [-0.2, -0.15) is 0 Å². The van der Waals surface area contributed by atoms with E-state index in [1.165, 1.54) is 11.1 Å². The molecule has 0 amide bonds. The number of anilines is 1. The van der Waals surface area contributed by atoms with Gasteiger partial charge in [-0.3, -0.25) is 0 Å². The summed E-state index contributed by atoms with van der Waals surface area (Å²) in [6.45, 7) is 4.27. The van der Waals surface area contributed by atoms with E-state index in [9.17, 15) is 0 Å². The maximum atomic E-state index is 5.92. The lowest BCUT2D eigenvalue weighted by Gasteiger charge is -2.23. The largest absolute Gasteiger partial charge is 0.497 e. The van der Waals surface area contributed by atoms with E-state index in [1.807, 2.05) is 35.1 Å². The molecule has 0 saturated carbocycles. The molecule has 134 valence electrons. The van der Waals surface area contributed by atoms with E-state index in [1.54, 1.807) is 7.11 Å². The topological polar surface area (TPSA) is 52.4 Å². The molecular weight excluding hydrogens is 328 g/mol. The van der Waals surface area contributed by atoms with Crippen molar-refractivity contribution in [1.82, 2.24) is 15.0 Å². The SMILES string of the molecule is COc1ccc(N2CCO[C@@H]2c2cn(Cc3ccc(C)cc3)nn2)cc1. The van der Waals surface area contributed by atoms with Crippen molar-refractivity contribution in [2.75, 3.05) is 25.2 Å². The van der Waals surface area contributed by atoms with Gasteiger partial charge in [0.25, 0.3) is 0 Å². The molecule has 0 spiro atoms. The molecule has 0 radical (unpaired) electrons. The molecule has 26 heavy (non-hydrogen) atoms. The number of benzene rings is 2. The molecular formula is C20H22N4O2. The second kappa shape index (κ2) is 7.17. The molecule has 6 nitrogen and oxygen atoms in total. The molecule has 4 rings (SSSR count). The van der Waals surface area contributed by atoms with Crippen LogP contribution in [-0.2, 0) is 11.3 Å². The quantitative estimate of drug-likeness (QED) is 0.707. The molecule has 0 unspecified atom stereocenters. The highest BCUT2D eigenvalue weighted by Gasteiger charge is 2.29. The molecule has 2 heterocycles. The lowest BCUT2D eigenvalue weighted by atomic mass is 10.1. The van der Waals surface area contributed by atoms with Gasteiger partial charge in [0.05, 0.1) is 26.5 Å². The minimum Gasteiger partial charge on any atom is -0.497 e. The van der Waals surface area contributed by atoms with Gasteiger partial charge in [-0.05, 0) is 36.8 Å². The first-order valence-corrected chi connectivity index (χ1v) is 8.71. The zero-order valence-electron chi connectivity index (χ0n) is 15.0. The van der Waals surface area contributed by atoms with Crippen molar-refractivity contribution >= 4 is 5.69 Å². The second-order valence-electron chi connectivity index (χ2n) is 6.44. The third-order valence-electron chi connectivity index (χ3n) is 4.57. The lowest BCUT2D eigenvalue weighted by molar-refractivity contribution is 0.110. The van der Waals surface area contributed by atoms with Gasteiger partial charge in [-0.25, -0.2) is 4.68 Å². The van der Waals surface area contributed by atoms with E-state index in [2.05, 4.69) is 46.4 Å². The van der Waals surface area contributed by atoms with Crippen molar-refractivity contribution in [3.05, 3.63) is 71.5 Å². The molecule has 0 aliphatic carbocycles. The average Bonchev–Trinajstić information content (AvgIpc) is 3.33. The Hall–Kier alpha value is -2.86. The van der Waals surface area contributed by atoms with Crippen LogP contribution in [0.25, 0.3) is 0 Å². The van der Waals surface area contributed by atoms with Crippen molar-refractivity contribution in [3.63, 3.8) is 0 Å². The van der Waals surface area contributed by atoms with E-state index in [0.717, 1.165) is 23.7 Å². The van der Waals surface area contributed by atoms with Gasteiger partial charge in [-0.15, -0.1) is 5.10 Å². The molecule has 0 bridgehead atoms. The van der Waals surface area contributed by atoms with Gasteiger partial charge in [-0.1, -0.05) is 35.0 Å². The molecule has 1 fully saturated rings. The molecule has 0 N–H and O–H groups in total. The Labute approximate surface area is 153 Å². The Morgan fingerprint density at radius 3 is 2.62 bits per heavy atom. The monoisotopic (exact) mass is 350 g/mol. The van der Waals surface area contributed by atoms with E-state index in [-0.39, 0.29) is 6.23 Å². The Balaban J connectivity index is 1.51. The highest BCUT2D eigenvalue weighted by molar-refractivity contribution is 5.50. The van der Waals surface area contributed by atoms with Crippen molar-refractivity contribution in [1.29, 1.82) is 0 Å².